The second-order valence-electron chi connectivity index (χ2n) is 6.03. The largest absolute Gasteiger partial charge is 0.355 e. The van der Waals surface area contributed by atoms with Crippen LogP contribution >= 0.6 is 0 Å². The van der Waals surface area contributed by atoms with E-state index in [-0.39, 0.29) is 29.8 Å². The van der Waals surface area contributed by atoms with Crippen LogP contribution in [-0.2, 0) is 9.59 Å². The van der Waals surface area contributed by atoms with Crippen molar-refractivity contribution in [2.24, 2.45) is 17.6 Å². The fourth-order valence-electron chi connectivity index (χ4n) is 2.71. The van der Waals surface area contributed by atoms with Gasteiger partial charge in [0.15, 0.2) is 0 Å². The summed E-state index contributed by atoms with van der Waals surface area (Å²) in [5.74, 6) is 0.527. The molecule has 1 fully saturated rings. The highest BCUT2D eigenvalue weighted by atomic mass is 16.2. The normalized spacial score (nSPS) is 27.1. The van der Waals surface area contributed by atoms with Crippen LogP contribution in [-0.4, -0.2) is 30.4 Å². The molecule has 0 radical (unpaired) electrons. The predicted octanol–water partition coefficient (Wildman–Crippen LogP) is 0.781. The van der Waals surface area contributed by atoms with Crippen LogP contribution in [0.25, 0.3) is 0 Å². The highest BCUT2D eigenvalue weighted by molar-refractivity contribution is 5.80. The molecule has 1 rings (SSSR count). The van der Waals surface area contributed by atoms with E-state index in [0.717, 1.165) is 19.3 Å². The molecule has 1 saturated carbocycles. The fourth-order valence-corrected chi connectivity index (χ4v) is 2.71. The topological polar surface area (TPSA) is 84.2 Å². The van der Waals surface area contributed by atoms with Gasteiger partial charge in [0.05, 0.1) is 0 Å². The summed E-state index contributed by atoms with van der Waals surface area (Å²) >= 11 is 0. The summed E-state index contributed by atoms with van der Waals surface area (Å²) in [5.41, 5.74) is 5.94. The quantitative estimate of drug-likeness (QED) is 0.689. The molecule has 1 aliphatic carbocycles. The average molecular weight is 269 g/mol. The Bertz CT molecular complexity index is 308. The smallest absolute Gasteiger partial charge is 0.223 e. The molecule has 1 aliphatic rings. The number of amides is 2. The molecule has 0 saturated heterocycles. The summed E-state index contributed by atoms with van der Waals surface area (Å²) in [5, 5.41) is 5.64. The monoisotopic (exact) mass is 269 g/mol. The maximum Gasteiger partial charge on any atom is 0.223 e. The Labute approximate surface area is 115 Å². The standard InChI is InChI=1S/C14H27N3O2/c1-9(2)17-13(18)4-5-16-14(19)11-6-10(3)7-12(15)8-11/h9-12H,4-8,15H2,1-3H3,(H,16,19)(H,17,18). The third-order valence-electron chi connectivity index (χ3n) is 3.45. The molecule has 19 heavy (non-hydrogen) atoms. The van der Waals surface area contributed by atoms with E-state index in [1.54, 1.807) is 0 Å². The molecule has 5 nitrogen and oxygen atoms in total. The van der Waals surface area contributed by atoms with Crippen molar-refractivity contribution in [3.63, 3.8) is 0 Å². The molecule has 0 heterocycles. The zero-order valence-electron chi connectivity index (χ0n) is 12.2. The molecule has 0 bridgehead atoms. The van der Waals surface area contributed by atoms with Gasteiger partial charge in [0.2, 0.25) is 11.8 Å². The van der Waals surface area contributed by atoms with Crippen molar-refractivity contribution < 1.29 is 9.59 Å². The van der Waals surface area contributed by atoms with Gasteiger partial charge in [-0.25, -0.2) is 0 Å². The number of nitrogens with two attached hydrogens (primary N) is 1. The van der Waals surface area contributed by atoms with Crippen molar-refractivity contribution in [3.05, 3.63) is 0 Å². The van der Waals surface area contributed by atoms with Crippen LogP contribution in [0.4, 0.5) is 0 Å². The van der Waals surface area contributed by atoms with Crippen molar-refractivity contribution in [3.8, 4) is 0 Å². The minimum Gasteiger partial charge on any atom is -0.355 e. The molecule has 3 unspecified atom stereocenters. The third-order valence-corrected chi connectivity index (χ3v) is 3.45. The fraction of sp³-hybridized carbons (Fsp3) is 0.857. The van der Waals surface area contributed by atoms with Crippen molar-refractivity contribution >= 4 is 11.8 Å². The van der Waals surface area contributed by atoms with E-state index in [4.69, 9.17) is 5.73 Å². The number of carbonyl (C=O) groups excluding carboxylic acids is 2. The van der Waals surface area contributed by atoms with Crippen molar-refractivity contribution in [1.29, 1.82) is 0 Å². The summed E-state index contributed by atoms with van der Waals surface area (Å²) in [4.78, 5) is 23.4. The van der Waals surface area contributed by atoms with E-state index >= 15 is 0 Å². The van der Waals surface area contributed by atoms with Crippen LogP contribution in [0.3, 0.4) is 0 Å². The SMILES string of the molecule is CC1CC(N)CC(C(=O)NCCC(=O)NC(C)C)C1. The van der Waals surface area contributed by atoms with Gasteiger partial charge in [0, 0.05) is 31.0 Å². The number of nitrogens with one attached hydrogen (secondary N) is 2. The Hall–Kier alpha value is -1.10. The van der Waals surface area contributed by atoms with E-state index < -0.39 is 0 Å². The van der Waals surface area contributed by atoms with Crippen LogP contribution in [0, 0.1) is 11.8 Å². The van der Waals surface area contributed by atoms with Gasteiger partial charge in [-0.05, 0) is 39.0 Å². The predicted molar refractivity (Wildman–Crippen MR) is 75.4 cm³/mol. The molecule has 5 heteroatoms. The van der Waals surface area contributed by atoms with Gasteiger partial charge in [-0.3, -0.25) is 9.59 Å². The maximum atomic E-state index is 12.0. The van der Waals surface area contributed by atoms with Gasteiger partial charge in [0.1, 0.15) is 0 Å². The van der Waals surface area contributed by atoms with Gasteiger partial charge in [0.25, 0.3) is 0 Å². The molecule has 0 aliphatic heterocycles. The Kier molecular flexibility index (Phi) is 6.28. The minimum absolute atomic E-state index is 0.00640. The first-order valence-electron chi connectivity index (χ1n) is 7.21. The molecular weight excluding hydrogens is 242 g/mol. The lowest BCUT2D eigenvalue weighted by Crippen LogP contribution is -2.41. The maximum absolute atomic E-state index is 12.0. The molecule has 0 spiro atoms. The Morgan fingerprint density at radius 3 is 2.53 bits per heavy atom. The van der Waals surface area contributed by atoms with E-state index in [9.17, 15) is 9.59 Å². The number of hydrogen-bond acceptors (Lipinski definition) is 3. The van der Waals surface area contributed by atoms with Gasteiger partial charge in [-0.2, -0.15) is 0 Å². The average Bonchev–Trinajstić information content (AvgIpc) is 2.26. The van der Waals surface area contributed by atoms with Gasteiger partial charge >= 0.3 is 0 Å². The first-order chi connectivity index (χ1) is 8.88. The van der Waals surface area contributed by atoms with Crippen molar-refractivity contribution in [2.75, 3.05) is 6.54 Å². The molecular formula is C14H27N3O2. The highest BCUT2D eigenvalue weighted by Gasteiger charge is 2.28. The number of hydrogen-bond donors (Lipinski definition) is 3. The minimum atomic E-state index is -0.0241. The van der Waals surface area contributed by atoms with Crippen LogP contribution in [0.2, 0.25) is 0 Å². The highest BCUT2D eigenvalue weighted by Crippen LogP contribution is 2.27. The lowest BCUT2D eigenvalue weighted by atomic mass is 9.79. The Morgan fingerprint density at radius 2 is 1.95 bits per heavy atom. The summed E-state index contributed by atoms with van der Waals surface area (Å²) < 4.78 is 0. The van der Waals surface area contributed by atoms with E-state index in [2.05, 4.69) is 17.6 Å². The van der Waals surface area contributed by atoms with E-state index in [1.807, 2.05) is 13.8 Å². The van der Waals surface area contributed by atoms with Gasteiger partial charge < -0.3 is 16.4 Å². The molecule has 0 aromatic heterocycles. The van der Waals surface area contributed by atoms with Crippen LogP contribution < -0.4 is 16.4 Å². The lowest BCUT2D eigenvalue weighted by Gasteiger charge is -2.30. The molecule has 110 valence electrons. The number of rotatable bonds is 5. The van der Waals surface area contributed by atoms with Crippen molar-refractivity contribution in [2.45, 2.75) is 58.5 Å². The Balaban J connectivity index is 2.25. The van der Waals surface area contributed by atoms with Crippen molar-refractivity contribution in [1.82, 2.24) is 10.6 Å². The zero-order chi connectivity index (χ0) is 14.4. The van der Waals surface area contributed by atoms with Crippen LogP contribution in [0.15, 0.2) is 0 Å². The van der Waals surface area contributed by atoms with E-state index in [1.165, 1.54) is 0 Å². The summed E-state index contributed by atoms with van der Waals surface area (Å²) in [6.07, 6.45) is 2.99. The number of carbonyl (C=O) groups is 2. The van der Waals surface area contributed by atoms with Gasteiger partial charge in [-0.1, -0.05) is 6.92 Å². The first-order valence-corrected chi connectivity index (χ1v) is 7.21. The van der Waals surface area contributed by atoms with Crippen LogP contribution in [0.1, 0.15) is 46.5 Å². The second-order valence-corrected chi connectivity index (χ2v) is 6.03. The van der Waals surface area contributed by atoms with Gasteiger partial charge in [-0.15, -0.1) is 0 Å². The Morgan fingerprint density at radius 1 is 1.26 bits per heavy atom. The summed E-state index contributed by atoms with van der Waals surface area (Å²) in [7, 11) is 0. The van der Waals surface area contributed by atoms with E-state index in [0.29, 0.717) is 18.9 Å². The molecule has 2 amide bonds. The van der Waals surface area contributed by atoms with Crippen LogP contribution in [0.5, 0.6) is 0 Å². The molecule has 0 aromatic rings. The third kappa shape index (κ3) is 6.05. The summed E-state index contributed by atoms with van der Waals surface area (Å²) in [6.45, 7) is 6.37. The summed E-state index contributed by atoms with van der Waals surface area (Å²) in [6, 6.07) is 0.268. The lowest BCUT2D eigenvalue weighted by molar-refractivity contribution is -0.126. The zero-order valence-corrected chi connectivity index (χ0v) is 12.2. The second kappa shape index (κ2) is 7.48. The first kappa shape index (κ1) is 16.0. The molecule has 0 aromatic carbocycles. The molecule has 4 N–H and O–H groups in total. The molecule has 3 atom stereocenters.